The van der Waals surface area contributed by atoms with Crippen LogP contribution in [0.3, 0.4) is 0 Å². The highest BCUT2D eigenvalue weighted by Crippen LogP contribution is 2.32. The number of morpholine rings is 1. The summed E-state index contributed by atoms with van der Waals surface area (Å²) in [6.45, 7) is 12.3. The Morgan fingerprint density at radius 2 is 1.77 bits per heavy atom. The number of aliphatic hydroxyl groups excluding tert-OH is 1. The zero-order chi connectivity index (χ0) is 24.6. The second-order valence-corrected chi connectivity index (χ2v) is 9.33. The highest BCUT2D eigenvalue weighted by Gasteiger charge is 2.23. The van der Waals surface area contributed by atoms with E-state index in [0.29, 0.717) is 19.6 Å². The lowest BCUT2D eigenvalue weighted by molar-refractivity contribution is 0.00622. The van der Waals surface area contributed by atoms with Gasteiger partial charge in [-0.3, -0.25) is 9.80 Å². The molecule has 188 valence electrons. The van der Waals surface area contributed by atoms with Crippen molar-refractivity contribution in [3.05, 3.63) is 71.4 Å². The molecule has 0 spiro atoms. The summed E-state index contributed by atoms with van der Waals surface area (Å²) in [5.74, 6) is 1.50. The summed E-state index contributed by atoms with van der Waals surface area (Å²) in [6, 6.07) is 18.2. The largest absolute Gasteiger partial charge is 0.439 e. The Morgan fingerprint density at radius 3 is 2.46 bits per heavy atom. The van der Waals surface area contributed by atoms with Gasteiger partial charge in [0, 0.05) is 32.7 Å². The quantitative estimate of drug-likeness (QED) is 0.446. The first-order chi connectivity index (χ1) is 17.0. The van der Waals surface area contributed by atoms with Crippen LogP contribution in [0.1, 0.15) is 30.2 Å². The van der Waals surface area contributed by atoms with Crippen molar-refractivity contribution in [1.29, 1.82) is 0 Å². The third kappa shape index (κ3) is 6.92. The minimum Gasteiger partial charge on any atom is -0.439 e. The van der Waals surface area contributed by atoms with Gasteiger partial charge in [0.15, 0.2) is 0 Å². The van der Waals surface area contributed by atoms with Crippen LogP contribution < -0.4 is 4.74 Å². The number of aromatic nitrogens is 2. The van der Waals surface area contributed by atoms with Crippen molar-refractivity contribution in [2.75, 3.05) is 45.9 Å². The van der Waals surface area contributed by atoms with Gasteiger partial charge >= 0.3 is 0 Å². The Labute approximate surface area is 208 Å². The maximum atomic E-state index is 10.9. The molecule has 4 rings (SSSR count). The summed E-state index contributed by atoms with van der Waals surface area (Å²) in [5, 5.41) is 15.7. The van der Waals surface area contributed by atoms with Gasteiger partial charge < -0.3 is 14.6 Å². The molecule has 3 aromatic rings. The minimum atomic E-state index is -0.425. The van der Waals surface area contributed by atoms with E-state index >= 15 is 0 Å². The lowest BCUT2D eigenvalue weighted by Gasteiger charge is -2.31. The summed E-state index contributed by atoms with van der Waals surface area (Å²) in [7, 11) is 0. The molecule has 1 aromatic heterocycles. The number of hydrogen-bond acceptors (Lipinski definition) is 6. The SMILES string of the molecule is CCCN(Cc1c(C)nn(-c2ccccc2)c1Oc1ccc(C)cc1)CC(O)CN1CCOCC1. The van der Waals surface area contributed by atoms with Gasteiger partial charge in [-0.05, 0) is 51.1 Å². The van der Waals surface area contributed by atoms with Crippen LogP contribution in [-0.2, 0) is 11.3 Å². The maximum absolute atomic E-state index is 10.9. The number of nitrogens with zero attached hydrogens (tertiary/aromatic N) is 4. The van der Waals surface area contributed by atoms with Gasteiger partial charge in [-0.1, -0.05) is 42.8 Å². The van der Waals surface area contributed by atoms with E-state index < -0.39 is 6.10 Å². The second-order valence-electron chi connectivity index (χ2n) is 9.33. The number of hydrogen-bond donors (Lipinski definition) is 1. The van der Waals surface area contributed by atoms with Gasteiger partial charge in [-0.25, -0.2) is 4.68 Å². The van der Waals surface area contributed by atoms with Gasteiger partial charge in [-0.15, -0.1) is 0 Å². The van der Waals surface area contributed by atoms with Crippen LogP contribution in [0.2, 0.25) is 0 Å². The van der Waals surface area contributed by atoms with Crippen molar-refractivity contribution in [2.24, 2.45) is 0 Å². The first kappa shape index (κ1) is 25.4. The molecular weight excluding hydrogens is 440 g/mol. The van der Waals surface area contributed by atoms with Crippen LogP contribution >= 0.6 is 0 Å². The normalized spacial score (nSPS) is 15.5. The predicted molar refractivity (Wildman–Crippen MR) is 138 cm³/mol. The van der Waals surface area contributed by atoms with Gasteiger partial charge in [-0.2, -0.15) is 5.10 Å². The zero-order valence-electron chi connectivity index (χ0n) is 21.2. The van der Waals surface area contributed by atoms with Crippen LogP contribution in [0.15, 0.2) is 54.6 Å². The zero-order valence-corrected chi connectivity index (χ0v) is 21.2. The van der Waals surface area contributed by atoms with Crippen molar-refractivity contribution < 1.29 is 14.6 Å². The lowest BCUT2D eigenvalue weighted by atomic mass is 10.2. The van der Waals surface area contributed by atoms with Crippen LogP contribution in [0.25, 0.3) is 5.69 Å². The summed E-state index contributed by atoms with van der Waals surface area (Å²) < 4.78 is 13.8. The van der Waals surface area contributed by atoms with Crippen LogP contribution in [0.5, 0.6) is 11.6 Å². The number of rotatable bonds is 11. The van der Waals surface area contributed by atoms with E-state index in [2.05, 4.69) is 35.8 Å². The summed E-state index contributed by atoms with van der Waals surface area (Å²) >= 11 is 0. The van der Waals surface area contributed by atoms with E-state index in [1.807, 2.05) is 54.1 Å². The molecule has 1 saturated heterocycles. The average molecular weight is 479 g/mol. The van der Waals surface area contributed by atoms with E-state index in [0.717, 1.165) is 67.8 Å². The molecule has 2 heterocycles. The molecule has 0 aliphatic carbocycles. The Balaban J connectivity index is 1.58. The fraction of sp³-hybridized carbons (Fsp3) is 0.464. The lowest BCUT2D eigenvalue weighted by Crippen LogP contribution is -2.44. The number of aliphatic hydroxyl groups is 1. The molecule has 35 heavy (non-hydrogen) atoms. The molecule has 2 aromatic carbocycles. The monoisotopic (exact) mass is 478 g/mol. The van der Waals surface area contributed by atoms with Crippen molar-refractivity contribution >= 4 is 0 Å². The Hall–Kier alpha value is -2.71. The number of para-hydroxylation sites is 1. The second kappa shape index (κ2) is 12.3. The van der Waals surface area contributed by atoms with Crippen LogP contribution in [-0.4, -0.2) is 76.7 Å². The van der Waals surface area contributed by atoms with Crippen molar-refractivity contribution in [1.82, 2.24) is 19.6 Å². The molecule has 7 heteroatoms. The van der Waals surface area contributed by atoms with E-state index in [1.165, 1.54) is 5.56 Å². The van der Waals surface area contributed by atoms with E-state index in [-0.39, 0.29) is 0 Å². The third-order valence-electron chi connectivity index (χ3n) is 6.34. The number of benzene rings is 2. The standard InChI is InChI=1S/C28H38N4O3/c1-4-14-31(20-25(33)19-30-15-17-34-18-16-30)21-27-23(3)29-32(24-8-6-5-7-9-24)28(27)35-26-12-10-22(2)11-13-26/h5-13,25,33H,4,14-21H2,1-3H3. The first-order valence-corrected chi connectivity index (χ1v) is 12.6. The first-order valence-electron chi connectivity index (χ1n) is 12.6. The fourth-order valence-electron chi connectivity index (χ4n) is 4.50. The van der Waals surface area contributed by atoms with E-state index in [4.69, 9.17) is 14.6 Å². The molecule has 1 atom stereocenters. The summed E-state index contributed by atoms with van der Waals surface area (Å²) in [5.41, 5.74) is 4.12. The topological polar surface area (TPSA) is 63.0 Å². The third-order valence-corrected chi connectivity index (χ3v) is 6.34. The molecule has 7 nitrogen and oxygen atoms in total. The molecule has 0 amide bonds. The minimum absolute atomic E-state index is 0.425. The van der Waals surface area contributed by atoms with Crippen molar-refractivity contribution in [3.8, 4) is 17.3 Å². The average Bonchev–Trinajstić information content (AvgIpc) is 3.16. The Bertz CT molecular complexity index is 1050. The fourth-order valence-corrected chi connectivity index (χ4v) is 4.50. The Morgan fingerprint density at radius 1 is 1.06 bits per heavy atom. The van der Waals surface area contributed by atoms with Gasteiger partial charge in [0.1, 0.15) is 5.75 Å². The molecule has 1 N–H and O–H groups in total. The van der Waals surface area contributed by atoms with Gasteiger partial charge in [0.2, 0.25) is 5.88 Å². The molecule has 1 fully saturated rings. The molecule has 0 saturated carbocycles. The summed E-state index contributed by atoms with van der Waals surface area (Å²) in [6.07, 6.45) is 0.579. The number of aryl methyl sites for hydroxylation is 2. The van der Waals surface area contributed by atoms with Crippen molar-refractivity contribution in [3.63, 3.8) is 0 Å². The number of β-amino-alcohol motifs (C(OH)–C–C–N with tert-alkyl or cyclic N) is 1. The molecular formula is C28H38N4O3. The van der Waals surface area contributed by atoms with E-state index in [9.17, 15) is 5.11 Å². The van der Waals surface area contributed by atoms with Crippen LogP contribution in [0.4, 0.5) is 0 Å². The van der Waals surface area contributed by atoms with Crippen molar-refractivity contribution in [2.45, 2.75) is 39.8 Å². The highest BCUT2D eigenvalue weighted by molar-refractivity contribution is 5.43. The smallest absolute Gasteiger partial charge is 0.227 e. The maximum Gasteiger partial charge on any atom is 0.227 e. The highest BCUT2D eigenvalue weighted by atomic mass is 16.5. The molecule has 1 aliphatic rings. The molecule has 0 radical (unpaired) electrons. The van der Waals surface area contributed by atoms with E-state index in [1.54, 1.807) is 0 Å². The van der Waals surface area contributed by atoms with Gasteiger partial charge in [0.05, 0.1) is 36.3 Å². The molecule has 0 bridgehead atoms. The van der Waals surface area contributed by atoms with Crippen LogP contribution in [0, 0.1) is 13.8 Å². The Kier molecular flexibility index (Phi) is 8.93. The number of ether oxygens (including phenoxy) is 2. The molecule has 1 unspecified atom stereocenters. The summed E-state index contributed by atoms with van der Waals surface area (Å²) in [4.78, 5) is 4.59. The predicted octanol–water partition coefficient (Wildman–Crippen LogP) is 4.19. The van der Waals surface area contributed by atoms with Gasteiger partial charge in [0.25, 0.3) is 0 Å². The molecule has 1 aliphatic heterocycles.